The van der Waals surface area contributed by atoms with Crippen LogP contribution in [0.3, 0.4) is 0 Å². The molecule has 5 heteroatoms. The Hall–Kier alpha value is -1.69. The van der Waals surface area contributed by atoms with Crippen LogP contribution in [0.4, 0.5) is 0 Å². The fourth-order valence-electron chi connectivity index (χ4n) is 3.19. The van der Waals surface area contributed by atoms with Gasteiger partial charge in [0.05, 0.1) is 17.0 Å². The predicted molar refractivity (Wildman–Crippen MR) is 94.4 cm³/mol. The zero-order chi connectivity index (χ0) is 17.3. The van der Waals surface area contributed by atoms with E-state index in [0.29, 0.717) is 6.42 Å². The van der Waals surface area contributed by atoms with Gasteiger partial charge in [-0.1, -0.05) is 42.8 Å². The lowest BCUT2D eigenvalue weighted by molar-refractivity contribution is 0.121. The van der Waals surface area contributed by atoms with E-state index in [2.05, 4.69) is 4.72 Å². The third-order valence-corrected chi connectivity index (χ3v) is 6.11. The van der Waals surface area contributed by atoms with Gasteiger partial charge in [0.2, 0.25) is 10.0 Å². The normalized spacial score (nSPS) is 20.6. The molecule has 2 N–H and O–H groups in total. The second-order valence-electron chi connectivity index (χ2n) is 6.40. The van der Waals surface area contributed by atoms with Crippen LogP contribution in [0.25, 0.3) is 0 Å². The van der Waals surface area contributed by atoms with Crippen LogP contribution in [0.1, 0.15) is 41.6 Å². The topological polar surface area (TPSA) is 66.4 Å². The van der Waals surface area contributed by atoms with E-state index in [1.807, 2.05) is 44.2 Å². The summed E-state index contributed by atoms with van der Waals surface area (Å²) in [5.41, 5.74) is 4.12. The number of nitrogens with one attached hydrogen (secondary N) is 1. The van der Waals surface area contributed by atoms with E-state index < -0.39 is 22.2 Å². The van der Waals surface area contributed by atoms with E-state index in [-0.39, 0.29) is 4.90 Å². The molecule has 0 amide bonds. The van der Waals surface area contributed by atoms with E-state index in [1.165, 1.54) is 0 Å². The van der Waals surface area contributed by atoms with Gasteiger partial charge >= 0.3 is 0 Å². The number of hydrogen-bond donors (Lipinski definition) is 2. The quantitative estimate of drug-likeness (QED) is 0.895. The number of hydrogen-bond acceptors (Lipinski definition) is 3. The van der Waals surface area contributed by atoms with Crippen LogP contribution < -0.4 is 4.72 Å². The molecule has 1 aliphatic carbocycles. The first-order chi connectivity index (χ1) is 11.4. The fraction of sp³-hybridized carbons (Fsp3) is 0.368. The van der Waals surface area contributed by atoms with Gasteiger partial charge in [-0.15, -0.1) is 0 Å². The smallest absolute Gasteiger partial charge is 0.241 e. The van der Waals surface area contributed by atoms with E-state index in [4.69, 9.17) is 0 Å². The van der Waals surface area contributed by atoms with Crippen LogP contribution >= 0.6 is 0 Å². The molecule has 0 radical (unpaired) electrons. The summed E-state index contributed by atoms with van der Waals surface area (Å²) in [6.45, 7) is 4.00. The molecule has 4 nitrogen and oxygen atoms in total. The Bertz CT molecular complexity index is 828. The van der Waals surface area contributed by atoms with Crippen molar-refractivity contribution in [3.63, 3.8) is 0 Å². The van der Waals surface area contributed by atoms with Crippen LogP contribution in [0.2, 0.25) is 0 Å². The van der Waals surface area contributed by atoms with Crippen molar-refractivity contribution in [1.82, 2.24) is 4.72 Å². The van der Waals surface area contributed by atoms with Gasteiger partial charge in [-0.3, -0.25) is 0 Å². The molecule has 2 atom stereocenters. The number of aliphatic hydroxyl groups excluding tert-OH is 1. The summed E-state index contributed by atoms with van der Waals surface area (Å²) in [7, 11) is -3.68. The van der Waals surface area contributed by atoms with Crippen LogP contribution in [-0.4, -0.2) is 19.6 Å². The molecule has 0 saturated carbocycles. The predicted octanol–water partition coefficient (Wildman–Crippen LogP) is 2.88. The molecule has 2 aromatic rings. The van der Waals surface area contributed by atoms with Gasteiger partial charge in [0.15, 0.2) is 0 Å². The molecule has 2 aromatic carbocycles. The molecule has 0 saturated heterocycles. The SMILES string of the molecule is CCc1ccc(S(=O)(=O)N[C@@H]2c3cc(C)ccc3CC[C@H]2O)cc1. The van der Waals surface area contributed by atoms with Crippen LogP contribution in [0, 0.1) is 6.92 Å². The molecule has 1 aliphatic rings. The molecule has 0 aliphatic heterocycles. The van der Waals surface area contributed by atoms with Gasteiger partial charge in [-0.25, -0.2) is 13.1 Å². The standard InChI is InChI=1S/C19H23NO3S/c1-3-14-5-9-16(10-6-14)24(22,23)20-19-17-12-13(2)4-7-15(17)8-11-18(19)21/h4-7,9-10,12,18-21H,3,8,11H2,1-2H3/t18-,19-/m1/s1. The second kappa shape index (κ2) is 6.67. The molecule has 0 aromatic heterocycles. The Labute approximate surface area is 143 Å². The van der Waals surface area contributed by atoms with E-state index in [1.54, 1.807) is 12.1 Å². The van der Waals surface area contributed by atoms with Crippen LogP contribution in [0.15, 0.2) is 47.4 Å². The Kier molecular flexibility index (Phi) is 4.76. The minimum atomic E-state index is -3.68. The molecule has 0 fully saturated rings. The Morgan fingerprint density at radius 1 is 1.17 bits per heavy atom. The molecule has 0 heterocycles. The average Bonchev–Trinajstić information content (AvgIpc) is 2.57. The van der Waals surface area contributed by atoms with Crippen molar-refractivity contribution in [2.75, 3.05) is 0 Å². The molecular formula is C19H23NO3S. The van der Waals surface area contributed by atoms with Gasteiger partial charge < -0.3 is 5.11 Å². The lowest BCUT2D eigenvalue weighted by Gasteiger charge is -2.31. The number of aliphatic hydroxyl groups is 1. The fourth-order valence-corrected chi connectivity index (χ4v) is 4.44. The maximum absolute atomic E-state index is 12.7. The van der Waals surface area contributed by atoms with E-state index in [0.717, 1.165) is 35.1 Å². The van der Waals surface area contributed by atoms with Crippen molar-refractivity contribution >= 4 is 10.0 Å². The third kappa shape index (κ3) is 3.38. The first-order valence-corrected chi connectivity index (χ1v) is 9.78. The number of fused-ring (bicyclic) bond motifs is 1. The highest BCUT2D eigenvalue weighted by molar-refractivity contribution is 7.89. The Morgan fingerprint density at radius 2 is 1.88 bits per heavy atom. The van der Waals surface area contributed by atoms with Crippen molar-refractivity contribution in [3.8, 4) is 0 Å². The summed E-state index contributed by atoms with van der Waals surface area (Å²) in [6, 6.07) is 12.3. The van der Waals surface area contributed by atoms with Gasteiger partial charge in [0.1, 0.15) is 0 Å². The zero-order valence-electron chi connectivity index (χ0n) is 14.0. The van der Waals surface area contributed by atoms with Gasteiger partial charge in [-0.2, -0.15) is 0 Å². The van der Waals surface area contributed by atoms with Crippen LogP contribution in [0.5, 0.6) is 0 Å². The molecule has 0 spiro atoms. The monoisotopic (exact) mass is 345 g/mol. The summed E-state index contributed by atoms with van der Waals surface area (Å²) >= 11 is 0. The van der Waals surface area contributed by atoms with Gasteiger partial charge in [-0.05, 0) is 55.0 Å². The first-order valence-electron chi connectivity index (χ1n) is 8.29. The molecule has 3 rings (SSSR count). The first kappa shape index (κ1) is 17.1. The minimum Gasteiger partial charge on any atom is -0.391 e. The van der Waals surface area contributed by atoms with Crippen molar-refractivity contribution < 1.29 is 13.5 Å². The minimum absolute atomic E-state index is 0.228. The molecule has 0 unspecified atom stereocenters. The molecule has 0 bridgehead atoms. The second-order valence-corrected chi connectivity index (χ2v) is 8.12. The summed E-state index contributed by atoms with van der Waals surface area (Å²) in [5.74, 6) is 0. The van der Waals surface area contributed by atoms with Crippen molar-refractivity contribution in [2.24, 2.45) is 0 Å². The number of benzene rings is 2. The summed E-state index contributed by atoms with van der Waals surface area (Å²) in [5, 5.41) is 10.4. The summed E-state index contributed by atoms with van der Waals surface area (Å²) in [4.78, 5) is 0.228. The third-order valence-electron chi connectivity index (χ3n) is 4.65. The van der Waals surface area contributed by atoms with E-state index in [9.17, 15) is 13.5 Å². The Balaban J connectivity index is 1.93. The van der Waals surface area contributed by atoms with Crippen molar-refractivity contribution in [1.29, 1.82) is 0 Å². The highest BCUT2D eigenvalue weighted by atomic mass is 32.2. The average molecular weight is 345 g/mol. The number of rotatable bonds is 4. The van der Waals surface area contributed by atoms with E-state index >= 15 is 0 Å². The van der Waals surface area contributed by atoms with Gasteiger partial charge in [0.25, 0.3) is 0 Å². The maximum Gasteiger partial charge on any atom is 0.241 e. The van der Waals surface area contributed by atoms with Crippen LogP contribution in [-0.2, 0) is 22.9 Å². The molecule has 128 valence electrons. The lowest BCUT2D eigenvalue weighted by Crippen LogP contribution is -2.39. The van der Waals surface area contributed by atoms with Gasteiger partial charge in [0, 0.05) is 0 Å². The summed E-state index contributed by atoms with van der Waals surface area (Å²) in [6.07, 6.45) is 1.46. The van der Waals surface area contributed by atoms with Crippen molar-refractivity contribution in [3.05, 3.63) is 64.7 Å². The zero-order valence-corrected chi connectivity index (χ0v) is 14.8. The number of sulfonamides is 1. The number of aryl methyl sites for hydroxylation is 3. The maximum atomic E-state index is 12.7. The largest absolute Gasteiger partial charge is 0.391 e. The highest BCUT2D eigenvalue weighted by Gasteiger charge is 2.32. The molecule has 24 heavy (non-hydrogen) atoms. The highest BCUT2D eigenvalue weighted by Crippen LogP contribution is 2.32. The van der Waals surface area contributed by atoms with Crippen molar-refractivity contribution in [2.45, 2.75) is 50.2 Å². The molecular weight excluding hydrogens is 322 g/mol. The Morgan fingerprint density at radius 3 is 2.54 bits per heavy atom. The lowest BCUT2D eigenvalue weighted by atomic mass is 9.85. The summed E-state index contributed by atoms with van der Waals surface area (Å²) < 4.78 is 28.1.